The van der Waals surface area contributed by atoms with Gasteiger partial charge in [-0.2, -0.15) is 5.10 Å². The normalized spacial score (nSPS) is 17.4. The first-order valence-electron chi connectivity index (χ1n) is 7.57. The number of hydrogen-bond acceptors (Lipinski definition) is 4. The average Bonchev–Trinajstić information content (AvgIpc) is 3.05. The Morgan fingerprint density at radius 1 is 1.32 bits per heavy atom. The van der Waals surface area contributed by atoms with Crippen molar-refractivity contribution >= 4 is 5.91 Å². The number of amides is 1. The lowest BCUT2D eigenvalue weighted by Gasteiger charge is -2.16. The highest BCUT2D eigenvalue weighted by atomic mass is 16.1. The van der Waals surface area contributed by atoms with Crippen LogP contribution in [0.15, 0.2) is 36.7 Å². The van der Waals surface area contributed by atoms with Crippen LogP contribution >= 0.6 is 0 Å². The molecule has 6 nitrogen and oxygen atoms in total. The molecule has 22 heavy (non-hydrogen) atoms. The summed E-state index contributed by atoms with van der Waals surface area (Å²) in [5.41, 5.74) is 0.926. The zero-order valence-electron chi connectivity index (χ0n) is 12.3. The monoisotopic (exact) mass is 297 g/mol. The number of hydrogen-bond donors (Lipinski definition) is 2. The molecule has 0 spiro atoms. The second-order valence-corrected chi connectivity index (χ2v) is 5.36. The number of aromatic amines is 1. The number of rotatable bonds is 5. The lowest BCUT2D eigenvalue weighted by molar-refractivity contribution is -0.125. The lowest BCUT2D eigenvalue weighted by Crippen LogP contribution is -2.32. The van der Waals surface area contributed by atoms with E-state index < -0.39 is 0 Å². The summed E-state index contributed by atoms with van der Waals surface area (Å²) in [7, 11) is 0. The standard InChI is InChI=1S/C16H19N5O/c22-16(13-4-2-1-3-5-13)18-11-8-14-19-15(21-20-14)12-6-9-17-10-7-12/h1-2,6-7,9-10,13H,3-5,8,11H2,(H,18,22)(H,19,20,21). The largest absolute Gasteiger partial charge is 0.355 e. The molecule has 0 radical (unpaired) electrons. The summed E-state index contributed by atoms with van der Waals surface area (Å²) in [5, 5.41) is 10.1. The van der Waals surface area contributed by atoms with Crippen LogP contribution in [-0.2, 0) is 11.2 Å². The molecule has 1 amide bonds. The number of pyridine rings is 1. The third kappa shape index (κ3) is 3.58. The molecule has 2 aromatic rings. The summed E-state index contributed by atoms with van der Waals surface area (Å²) < 4.78 is 0. The number of nitrogens with one attached hydrogen (secondary N) is 2. The smallest absolute Gasteiger partial charge is 0.223 e. The van der Waals surface area contributed by atoms with Crippen LogP contribution in [0.5, 0.6) is 0 Å². The number of aromatic nitrogens is 4. The molecule has 2 aromatic heterocycles. The molecule has 6 heteroatoms. The third-order valence-corrected chi connectivity index (χ3v) is 3.77. The van der Waals surface area contributed by atoms with Crippen LogP contribution in [0.3, 0.4) is 0 Å². The summed E-state index contributed by atoms with van der Waals surface area (Å²) in [5.74, 6) is 1.68. The van der Waals surface area contributed by atoms with Gasteiger partial charge in [0, 0.05) is 36.8 Å². The molecule has 1 atom stereocenters. The summed E-state index contributed by atoms with van der Waals surface area (Å²) >= 11 is 0. The average molecular weight is 297 g/mol. The number of nitrogens with zero attached hydrogens (tertiary/aromatic N) is 3. The summed E-state index contributed by atoms with van der Waals surface area (Å²) in [6.07, 6.45) is 11.1. The third-order valence-electron chi connectivity index (χ3n) is 3.77. The first-order valence-corrected chi connectivity index (χ1v) is 7.57. The summed E-state index contributed by atoms with van der Waals surface area (Å²) in [6.45, 7) is 0.573. The van der Waals surface area contributed by atoms with Gasteiger partial charge in [-0.1, -0.05) is 12.2 Å². The van der Waals surface area contributed by atoms with Crippen molar-refractivity contribution < 1.29 is 4.79 Å². The Balaban J connectivity index is 1.49. The van der Waals surface area contributed by atoms with Gasteiger partial charge in [-0.15, -0.1) is 0 Å². The molecule has 1 aliphatic carbocycles. The highest BCUT2D eigenvalue weighted by molar-refractivity contribution is 5.78. The van der Waals surface area contributed by atoms with Crippen LogP contribution in [-0.4, -0.2) is 32.6 Å². The Kier molecular flexibility index (Phi) is 4.58. The van der Waals surface area contributed by atoms with Crippen LogP contribution in [0.25, 0.3) is 11.4 Å². The maximum atomic E-state index is 12.0. The summed E-state index contributed by atoms with van der Waals surface area (Å²) in [6, 6.07) is 3.73. The van der Waals surface area contributed by atoms with E-state index in [0.29, 0.717) is 18.8 Å². The second-order valence-electron chi connectivity index (χ2n) is 5.36. The van der Waals surface area contributed by atoms with Gasteiger partial charge in [0.15, 0.2) is 5.82 Å². The van der Waals surface area contributed by atoms with Crippen molar-refractivity contribution in [3.05, 3.63) is 42.5 Å². The number of allylic oxidation sites excluding steroid dienone is 2. The fraction of sp³-hybridized carbons (Fsp3) is 0.375. The van der Waals surface area contributed by atoms with Crippen LogP contribution in [0, 0.1) is 5.92 Å². The quantitative estimate of drug-likeness (QED) is 0.825. The molecule has 1 aliphatic rings. The first-order chi connectivity index (χ1) is 10.8. The maximum absolute atomic E-state index is 12.0. The van der Waals surface area contributed by atoms with E-state index in [1.54, 1.807) is 12.4 Å². The summed E-state index contributed by atoms with van der Waals surface area (Å²) in [4.78, 5) is 20.4. The molecule has 2 heterocycles. The SMILES string of the molecule is O=C(NCCc1nc(-c2ccncc2)n[nH]1)C1CC=CCC1. The van der Waals surface area contributed by atoms with Gasteiger partial charge in [0.1, 0.15) is 5.82 Å². The predicted molar refractivity (Wildman–Crippen MR) is 82.8 cm³/mol. The molecule has 3 rings (SSSR count). The van der Waals surface area contributed by atoms with Crippen LogP contribution in [0.1, 0.15) is 25.1 Å². The molecule has 0 fully saturated rings. The molecule has 0 bridgehead atoms. The molecule has 1 unspecified atom stereocenters. The number of H-pyrrole nitrogens is 1. The fourth-order valence-corrected chi connectivity index (χ4v) is 2.52. The Morgan fingerprint density at radius 3 is 2.95 bits per heavy atom. The van der Waals surface area contributed by atoms with Crippen LogP contribution in [0.2, 0.25) is 0 Å². The highest BCUT2D eigenvalue weighted by Gasteiger charge is 2.18. The Labute approximate surface area is 129 Å². The van der Waals surface area contributed by atoms with Gasteiger partial charge in [0.2, 0.25) is 5.91 Å². The molecule has 0 saturated carbocycles. The Hall–Kier alpha value is -2.50. The van der Waals surface area contributed by atoms with Crippen molar-refractivity contribution in [1.82, 2.24) is 25.5 Å². The van der Waals surface area contributed by atoms with Gasteiger partial charge >= 0.3 is 0 Å². The molecule has 0 aliphatic heterocycles. The van der Waals surface area contributed by atoms with E-state index in [0.717, 1.165) is 30.7 Å². The predicted octanol–water partition coefficient (Wildman–Crippen LogP) is 1.88. The lowest BCUT2D eigenvalue weighted by atomic mass is 9.94. The number of carbonyl (C=O) groups excluding carboxylic acids is 1. The van der Waals surface area contributed by atoms with E-state index in [-0.39, 0.29) is 11.8 Å². The van der Waals surface area contributed by atoms with Crippen LogP contribution < -0.4 is 5.32 Å². The fourth-order valence-electron chi connectivity index (χ4n) is 2.52. The zero-order chi connectivity index (χ0) is 15.2. The van der Waals surface area contributed by atoms with Crippen molar-refractivity contribution in [3.63, 3.8) is 0 Å². The van der Waals surface area contributed by atoms with E-state index >= 15 is 0 Å². The zero-order valence-corrected chi connectivity index (χ0v) is 12.3. The van der Waals surface area contributed by atoms with Gasteiger partial charge in [-0.3, -0.25) is 14.9 Å². The molecular formula is C16H19N5O. The van der Waals surface area contributed by atoms with Crippen molar-refractivity contribution in [2.45, 2.75) is 25.7 Å². The van der Waals surface area contributed by atoms with E-state index in [1.165, 1.54) is 0 Å². The van der Waals surface area contributed by atoms with Gasteiger partial charge in [-0.25, -0.2) is 4.98 Å². The first kappa shape index (κ1) is 14.4. The van der Waals surface area contributed by atoms with Crippen molar-refractivity contribution in [1.29, 1.82) is 0 Å². The molecule has 0 aromatic carbocycles. The molecule has 2 N–H and O–H groups in total. The second kappa shape index (κ2) is 6.98. The van der Waals surface area contributed by atoms with Gasteiger partial charge in [0.25, 0.3) is 0 Å². The minimum atomic E-state index is 0.118. The maximum Gasteiger partial charge on any atom is 0.223 e. The van der Waals surface area contributed by atoms with Crippen molar-refractivity contribution in [2.75, 3.05) is 6.54 Å². The van der Waals surface area contributed by atoms with E-state index in [4.69, 9.17) is 0 Å². The Morgan fingerprint density at radius 2 is 2.18 bits per heavy atom. The van der Waals surface area contributed by atoms with E-state index in [1.807, 2.05) is 12.1 Å². The Bertz CT molecular complexity index is 650. The molecule has 0 saturated heterocycles. The molecular weight excluding hydrogens is 278 g/mol. The highest BCUT2D eigenvalue weighted by Crippen LogP contribution is 2.18. The minimum Gasteiger partial charge on any atom is -0.355 e. The van der Waals surface area contributed by atoms with Gasteiger partial charge in [-0.05, 0) is 31.4 Å². The van der Waals surface area contributed by atoms with Crippen molar-refractivity contribution in [3.8, 4) is 11.4 Å². The van der Waals surface area contributed by atoms with E-state index in [9.17, 15) is 4.79 Å². The minimum absolute atomic E-state index is 0.118. The van der Waals surface area contributed by atoms with Gasteiger partial charge < -0.3 is 5.32 Å². The number of carbonyl (C=O) groups is 1. The van der Waals surface area contributed by atoms with Crippen molar-refractivity contribution in [2.24, 2.45) is 5.92 Å². The van der Waals surface area contributed by atoms with Gasteiger partial charge in [0.05, 0.1) is 0 Å². The van der Waals surface area contributed by atoms with Crippen LogP contribution in [0.4, 0.5) is 0 Å². The molecule has 114 valence electrons. The van der Waals surface area contributed by atoms with E-state index in [2.05, 4.69) is 37.6 Å². The topological polar surface area (TPSA) is 83.6 Å².